The molecule has 2 amide bonds. The number of likely N-dealkylation sites (N-methyl/N-ethyl adjacent to an activating group) is 1. The van der Waals surface area contributed by atoms with Gasteiger partial charge in [-0.1, -0.05) is 42.5 Å². The lowest BCUT2D eigenvalue weighted by atomic mass is 10.0. The summed E-state index contributed by atoms with van der Waals surface area (Å²) in [6.07, 6.45) is 0.379. The van der Waals surface area contributed by atoms with E-state index in [1.165, 1.54) is 0 Å². The van der Waals surface area contributed by atoms with Crippen LogP contribution >= 0.6 is 0 Å². The first-order valence-electron chi connectivity index (χ1n) is 7.34. The van der Waals surface area contributed by atoms with Crippen molar-refractivity contribution >= 4 is 11.8 Å². The zero-order valence-electron chi connectivity index (χ0n) is 12.5. The fourth-order valence-corrected chi connectivity index (χ4v) is 2.67. The van der Waals surface area contributed by atoms with Gasteiger partial charge in [-0.3, -0.25) is 9.59 Å². The van der Waals surface area contributed by atoms with Gasteiger partial charge in [0.1, 0.15) is 0 Å². The second-order valence-corrected chi connectivity index (χ2v) is 5.59. The number of rotatable bonds is 3. The molecular formula is C18H18N2O2. The Labute approximate surface area is 129 Å². The number of carbonyl (C=O) groups excluding carboxylic acids is 2. The number of carbonyl (C=O) groups is 2. The molecule has 22 heavy (non-hydrogen) atoms. The molecule has 2 aromatic carbocycles. The molecule has 1 unspecified atom stereocenters. The van der Waals surface area contributed by atoms with E-state index in [1.54, 1.807) is 11.9 Å². The molecule has 1 aliphatic rings. The van der Waals surface area contributed by atoms with E-state index in [9.17, 15) is 9.59 Å². The largest absolute Gasteiger partial charge is 0.347 e. The van der Waals surface area contributed by atoms with E-state index in [1.807, 2.05) is 54.6 Å². The first kappa shape index (κ1) is 14.3. The van der Waals surface area contributed by atoms with Gasteiger partial charge in [-0.15, -0.1) is 0 Å². The molecule has 0 saturated carbocycles. The summed E-state index contributed by atoms with van der Waals surface area (Å²) in [7, 11) is 1.75. The third-order valence-electron chi connectivity index (χ3n) is 3.93. The van der Waals surface area contributed by atoms with E-state index in [2.05, 4.69) is 5.32 Å². The molecular weight excluding hydrogens is 276 g/mol. The maximum atomic E-state index is 12.2. The molecule has 0 radical (unpaired) electrons. The molecule has 0 bridgehead atoms. The average Bonchev–Trinajstić information content (AvgIpc) is 2.86. The molecule has 0 aromatic heterocycles. The zero-order chi connectivity index (χ0) is 15.5. The molecule has 0 spiro atoms. The summed E-state index contributed by atoms with van der Waals surface area (Å²) in [6.45, 7) is 0.576. The van der Waals surface area contributed by atoms with Crippen molar-refractivity contribution in [1.29, 1.82) is 0 Å². The Bertz CT molecular complexity index is 680. The number of nitrogens with one attached hydrogen (secondary N) is 1. The van der Waals surface area contributed by atoms with Crippen LogP contribution < -0.4 is 5.32 Å². The van der Waals surface area contributed by atoms with Crippen molar-refractivity contribution < 1.29 is 9.59 Å². The minimum Gasteiger partial charge on any atom is -0.347 e. The Hall–Kier alpha value is -2.62. The Balaban J connectivity index is 1.68. The van der Waals surface area contributed by atoms with Crippen LogP contribution in [0.1, 0.15) is 16.8 Å². The molecule has 1 fully saturated rings. The normalized spacial score (nSPS) is 17.6. The third kappa shape index (κ3) is 3.01. The van der Waals surface area contributed by atoms with Crippen LogP contribution in [0.4, 0.5) is 0 Å². The minimum atomic E-state index is -0.132. The Morgan fingerprint density at radius 2 is 1.68 bits per heavy atom. The van der Waals surface area contributed by atoms with Gasteiger partial charge in [-0.2, -0.15) is 0 Å². The highest BCUT2D eigenvalue weighted by molar-refractivity contribution is 5.95. The number of likely N-dealkylation sites (tertiary alicyclic amines) is 1. The van der Waals surface area contributed by atoms with E-state index in [4.69, 9.17) is 0 Å². The highest BCUT2D eigenvalue weighted by atomic mass is 16.2. The van der Waals surface area contributed by atoms with Crippen LogP contribution in [0.25, 0.3) is 11.1 Å². The van der Waals surface area contributed by atoms with Crippen LogP contribution in [0.15, 0.2) is 54.6 Å². The van der Waals surface area contributed by atoms with Crippen molar-refractivity contribution in [3.63, 3.8) is 0 Å². The third-order valence-corrected chi connectivity index (χ3v) is 3.93. The smallest absolute Gasteiger partial charge is 0.251 e. The molecule has 112 valence electrons. The topological polar surface area (TPSA) is 49.4 Å². The second kappa shape index (κ2) is 6.02. The summed E-state index contributed by atoms with van der Waals surface area (Å²) < 4.78 is 0. The lowest BCUT2D eigenvalue weighted by Gasteiger charge is -2.12. The summed E-state index contributed by atoms with van der Waals surface area (Å²) in [5.74, 6) is -0.0579. The van der Waals surface area contributed by atoms with Gasteiger partial charge in [0.15, 0.2) is 0 Å². The quantitative estimate of drug-likeness (QED) is 0.944. The van der Waals surface area contributed by atoms with Gasteiger partial charge >= 0.3 is 0 Å². The van der Waals surface area contributed by atoms with Crippen molar-refractivity contribution in [3.8, 4) is 11.1 Å². The molecule has 1 atom stereocenters. The van der Waals surface area contributed by atoms with Crippen molar-refractivity contribution in [2.45, 2.75) is 12.5 Å². The van der Waals surface area contributed by atoms with Gasteiger partial charge in [-0.05, 0) is 23.3 Å². The molecule has 1 N–H and O–H groups in total. The molecule has 4 heteroatoms. The lowest BCUT2D eigenvalue weighted by Crippen LogP contribution is -2.36. The molecule has 1 aliphatic heterocycles. The Morgan fingerprint density at radius 3 is 2.27 bits per heavy atom. The molecule has 4 nitrogen and oxygen atoms in total. The van der Waals surface area contributed by atoms with Crippen LogP contribution in [0.5, 0.6) is 0 Å². The summed E-state index contributed by atoms with van der Waals surface area (Å²) in [4.78, 5) is 25.3. The fraction of sp³-hybridized carbons (Fsp3) is 0.222. The summed E-state index contributed by atoms with van der Waals surface area (Å²) in [5.41, 5.74) is 2.81. The first-order chi connectivity index (χ1) is 10.6. The molecule has 3 rings (SSSR count). The summed E-state index contributed by atoms with van der Waals surface area (Å²) in [6, 6.07) is 17.4. The Morgan fingerprint density at radius 1 is 1.05 bits per heavy atom. The highest BCUT2D eigenvalue weighted by Gasteiger charge is 2.27. The maximum Gasteiger partial charge on any atom is 0.251 e. The van der Waals surface area contributed by atoms with Crippen molar-refractivity contribution in [2.24, 2.45) is 0 Å². The number of hydrogen-bond acceptors (Lipinski definition) is 2. The number of amides is 2. The van der Waals surface area contributed by atoms with Crippen molar-refractivity contribution in [1.82, 2.24) is 10.2 Å². The van der Waals surface area contributed by atoms with Gasteiger partial charge in [0.05, 0.1) is 6.04 Å². The van der Waals surface area contributed by atoms with E-state index in [-0.39, 0.29) is 17.9 Å². The summed E-state index contributed by atoms with van der Waals surface area (Å²) >= 11 is 0. The highest BCUT2D eigenvalue weighted by Crippen LogP contribution is 2.19. The zero-order valence-corrected chi connectivity index (χ0v) is 12.5. The average molecular weight is 294 g/mol. The van der Waals surface area contributed by atoms with Crippen LogP contribution in [0, 0.1) is 0 Å². The van der Waals surface area contributed by atoms with E-state index >= 15 is 0 Å². The number of benzene rings is 2. The van der Waals surface area contributed by atoms with Crippen LogP contribution in [0.2, 0.25) is 0 Å². The van der Waals surface area contributed by atoms with Crippen LogP contribution in [-0.2, 0) is 4.79 Å². The van der Waals surface area contributed by atoms with Gasteiger partial charge < -0.3 is 10.2 Å². The monoisotopic (exact) mass is 294 g/mol. The number of hydrogen-bond donors (Lipinski definition) is 1. The van der Waals surface area contributed by atoms with Gasteiger partial charge in [0.25, 0.3) is 5.91 Å². The summed E-state index contributed by atoms with van der Waals surface area (Å²) in [5, 5.41) is 2.91. The van der Waals surface area contributed by atoms with E-state index in [0.717, 1.165) is 11.1 Å². The van der Waals surface area contributed by atoms with Crippen molar-refractivity contribution in [2.75, 3.05) is 13.6 Å². The fourth-order valence-electron chi connectivity index (χ4n) is 2.67. The van der Waals surface area contributed by atoms with Crippen molar-refractivity contribution in [3.05, 3.63) is 60.2 Å². The molecule has 0 aliphatic carbocycles. The lowest BCUT2D eigenvalue weighted by molar-refractivity contribution is -0.126. The predicted octanol–water partition coefficient (Wildman–Crippen LogP) is 2.31. The van der Waals surface area contributed by atoms with Gasteiger partial charge in [0, 0.05) is 25.6 Å². The molecule has 2 aromatic rings. The standard InChI is InChI=1S/C18H18N2O2/c1-20-12-16(11-17(20)21)19-18(22)15-9-7-14(8-10-15)13-5-3-2-4-6-13/h2-10,16H,11-12H2,1H3,(H,19,22). The minimum absolute atomic E-state index is 0.0738. The van der Waals surface area contributed by atoms with E-state index in [0.29, 0.717) is 18.5 Å². The van der Waals surface area contributed by atoms with Crippen LogP contribution in [-0.4, -0.2) is 36.3 Å². The number of nitrogens with zero attached hydrogens (tertiary/aromatic N) is 1. The van der Waals surface area contributed by atoms with Gasteiger partial charge in [0.2, 0.25) is 5.91 Å². The first-order valence-corrected chi connectivity index (χ1v) is 7.34. The van der Waals surface area contributed by atoms with E-state index < -0.39 is 0 Å². The van der Waals surface area contributed by atoms with Gasteiger partial charge in [-0.25, -0.2) is 0 Å². The maximum absolute atomic E-state index is 12.2. The SMILES string of the molecule is CN1CC(NC(=O)c2ccc(-c3ccccc3)cc2)CC1=O. The predicted molar refractivity (Wildman–Crippen MR) is 85.4 cm³/mol. The molecule has 1 saturated heterocycles. The second-order valence-electron chi connectivity index (χ2n) is 5.59. The van der Waals surface area contributed by atoms with Crippen LogP contribution in [0.3, 0.4) is 0 Å². The Kier molecular flexibility index (Phi) is 3.92. The molecule has 1 heterocycles.